The molecule has 0 bridgehead atoms. The molecular weight excluding hydrogens is 342 g/mol. The van der Waals surface area contributed by atoms with Crippen molar-refractivity contribution in [2.24, 2.45) is 5.92 Å². The molecule has 5 heteroatoms. The first-order valence-electron chi connectivity index (χ1n) is 7.45. The number of hydrogen-bond donors (Lipinski definition) is 1. The van der Waals surface area contributed by atoms with Gasteiger partial charge < -0.3 is 5.32 Å². The number of amides is 1. The number of aromatic nitrogens is 2. The molecule has 1 heterocycles. The molecule has 0 saturated carbocycles. The van der Waals surface area contributed by atoms with Gasteiger partial charge in [-0.05, 0) is 30.9 Å². The maximum absolute atomic E-state index is 12.3. The van der Waals surface area contributed by atoms with Crippen molar-refractivity contribution in [1.82, 2.24) is 9.78 Å². The predicted octanol–water partition coefficient (Wildman–Crippen LogP) is 3.99. The second kappa shape index (κ2) is 6.92. The normalized spacial score (nSPS) is 17.4. The van der Waals surface area contributed by atoms with Gasteiger partial charge in [-0.25, -0.2) is 4.68 Å². The van der Waals surface area contributed by atoms with Gasteiger partial charge in [0.25, 0.3) is 0 Å². The minimum atomic E-state index is 0.0665. The highest BCUT2D eigenvalue weighted by Crippen LogP contribution is 2.22. The molecule has 1 N–H and O–H groups in total. The SMILES string of the molecule is O=C(Nc1ccnn1Cc1ccccc1Br)C1CC=CCC1. The summed E-state index contributed by atoms with van der Waals surface area (Å²) in [5, 5.41) is 7.33. The standard InChI is InChI=1S/C17H18BrN3O/c18-15-9-5-4-8-14(15)12-21-16(10-11-19-21)20-17(22)13-6-2-1-3-7-13/h1-2,4-5,8-11,13H,3,6-7,12H2,(H,20,22). The van der Waals surface area contributed by atoms with Crippen LogP contribution in [0.25, 0.3) is 0 Å². The third kappa shape index (κ3) is 3.47. The molecule has 0 fully saturated rings. The van der Waals surface area contributed by atoms with E-state index in [-0.39, 0.29) is 11.8 Å². The summed E-state index contributed by atoms with van der Waals surface area (Å²) < 4.78 is 2.86. The van der Waals surface area contributed by atoms with Crippen molar-refractivity contribution in [2.75, 3.05) is 5.32 Å². The minimum absolute atomic E-state index is 0.0665. The summed E-state index contributed by atoms with van der Waals surface area (Å²) in [5.41, 5.74) is 1.13. The number of nitrogens with zero attached hydrogens (tertiary/aromatic N) is 2. The van der Waals surface area contributed by atoms with Gasteiger partial charge in [-0.1, -0.05) is 46.3 Å². The Hall–Kier alpha value is -1.88. The molecule has 3 rings (SSSR count). The van der Waals surface area contributed by atoms with Gasteiger partial charge in [0.15, 0.2) is 0 Å². The molecule has 4 nitrogen and oxygen atoms in total. The molecule has 1 amide bonds. The second-order valence-corrected chi connectivity index (χ2v) is 6.29. The Morgan fingerprint density at radius 1 is 1.32 bits per heavy atom. The zero-order valence-electron chi connectivity index (χ0n) is 12.2. The Morgan fingerprint density at radius 2 is 2.18 bits per heavy atom. The van der Waals surface area contributed by atoms with Crippen LogP contribution in [0.3, 0.4) is 0 Å². The van der Waals surface area contributed by atoms with Crippen LogP contribution < -0.4 is 5.32 Å². The minimum Gasteiger partial charge on any atom is -0.311 e. The first-order chi connectivity index (χ1) is 10.7. The van der Waals surface area contributed by atoms with Crippen LogP contribution in [0.2, 0.25) is 0 Å². The Bertz CT molecular complexity index is 693. The lowest BCUT2D eigenvalue weighted by Crippen LogP contribution is -2.25. The van der Waals surface area contributed by atoms with Gasteiger partial charge in [0.2, 0.25) is 5.91 Å². The molecule has 0 saturated heterocycles. The van der Waals surface area contributed by atoms with Crippen molar-refractivity contribution in [3.05, 3.63) is 58.7 Å². The number of anilines is 1. The average Bonchev–Trinajstić information content (AvgIpc) is 2.97. The summed E-state index contributed by atoms with van der Waals surface area (Å²) >= 11 is 3.54. The molecular formula is C17H18BrN3O. The molecule has 1 atom stereocenters. The Labute approximate surface area is 138 Å². The zero-order chi connectivity index (χ0) is 15.4. The number of benzene rings is 1. The fraction of sp³-hybridized carbons (Fsp3) is 0.294. The number of carbonyl (C=O) groups excluding carboxylic acids is 1. The van der Waals surface area contributed by atoms with Gasteiger partial charge in [-0.3, -0.25) is 4.79 Å². The maximum atomic E-state index is 12.3. The predicted molar refractivity (Wildman–Crippen MR) is 90.6 cm³/mol. The number of hydrogen-bond acceptors (Lipinski definition) is 2. The molecule has 1 unspecified atom stereocenters. The summed E-state index contributed by atoms with van der Waals surface area (Å²) in [7, 11) is 0. The van der Waals surface area contributed by atoms with E-state index in [0.717, 1.165) is 35.1 Å². The number of allylic oxidation sites excluding steroid dienone is 2. The topological polar surface area (TPSA) is 46.9 Å². The molecule has 2 aromatic rings. The van der Waals surface area contributed by atoms with Gasteiger partial charge in [-0.2, -0.15) is 5.10 Å². The highest BCUT2D eigenvalue weighted by atomic mass is 79.9. The van der Waals surface area contributed by atoms with Crippen LogP contribution in [-0.2, 0) is 11.3 Å². The molecule has 0 radical (unpaired) electrons. The lowest BCUT2D eigenvalue weighted by molar-refractivity contribution is -0.120. The van der Waals surface area contributed by atoms with Crippen LogP contribution >= 0.6 is 15.9 Å². The Kier molecular flexibility index (Phi) is 4.73. The first kappa shape index (κ1) is 15.0. The molecule has 22 heavy (non-hydrogen) atoms. The average molecular weight is 360 g/mol. The van der Waals surface area contributed by atoms with Crippen molar-refractivity contribution in [1.29, 1.82) is 0 Å². The smallest absolute Gasteiger partial charge is 0.228 e. The van der Waals surface area contributed by atoms with Gasteiger partial charge in [0, 0.05) is 16.5 Å². The van der Waals surface area contributed by atoms with E-state index in [1.807, 2.05) is 35.0 Å². The number of rotatable bonds is 4. The van der Waals surface area contributed by atoms with Crippen LogP contribution in [0.1, 0.15) is 24.8 Å². The van der Waals surface area contributed by atoms with E-state index in [2.05, 4.69) is 38.5 Å². The van der Waals surface area contributed by atoms with E-state index < -0.39 is 0 Å². The molecule has 1 aliphatic rings. The molecule has 1 aromatic heterocycles. The highest BCUT2D eigenvalue weighted by Gasteiger charge is 2.19. The van der Waals surface area contributed by atoms with Crippen molar-refractivity contribution in [3.8, 4) is 0 Å². The van der Waals surface area contributed by atoms with Gasteiger partial charge in [0.1, 0.15) is 5.82 Å². The van der Waals surface area contributed by atoms with Crippen LogP contribution in [-0.4, -0.2) is 15.7 Å². The highest BCUT2D eigenvalue weighted by molar-refractivity contribution is 9.10. The molecule has 0 spiro atoms. The van der Waals surface area contributed by atoms with E-state index in [1.54, 1.807) is 6.20 Å². The largest absolute Gasteiger partial charge is 0.311 e. The zero-order valence-corrected chi connectivity index (χ0v) is 13.8. The third-order valence-electron chi connectivity index (χ3n) is 3.89. The monoisotopic (exact) mass is 359 g/mol. The fourth-order valence-electron chi connectivity index (χ4n) is 2.61. The van der Waals surface area contributed by atoms with Crippen LogP contribution in [0.15, 0.2) is 53.2 Å². The molecule has 1 aromatic carbocycles. The lowest BCUT2D eigenvalue weighted by atomic mass is 9.94. The summed E-state index contributed by atoms with van der Waals surface area (Å²) in [6.45, 7) is 0.620. The second-order valence-electron chi connectivity index (χ2n) is 5.44. The lowest BCUT2D eigenvalue weighted by Gasteiger charge is -2.17. The molecule has 1 aliphatic carbocycles. The van der Waals surface area contributed by atoms with E-state index in [4.69, 9.17) is 0 Å². The van der Waals surface area contributed by atoms with Crippen molar-refractivity contribution in [2.45, 2.75) is 25.8 Å². The number of halogens is 1. The van der Waals surface area contributed by atoms with E-state index in [9.17, 15) is 4.79 Å². The summed E-state index contributed by atoms with van der Waals surface area (Å²) in [6.07, 6.45) is 8.67. The Balaban J connectivity index is 1.71. The van der Waals surface area contributed by atoms with Gasteiger partial charge >= 0.3 is 0 Å². The summed E-state index contributed by atoms with van der Waals surface area (Å²) in [5.74, 6) is 0.894. The first-order valence-corrected chi connectivity index (χ1v) is 8.24. The summed E-state index contributed by atoms with van der Waals surface area (Å²) in [4.78, 5) is 12.3. The van der Waals surface area contributed by atoms with Crippen molar-refractivity contribution in [3.63, 3.8) is 0 Å². The van der Waals surface area contributed by atoms with E-state index >= 15 is 0 Å². The quantitative estimate of drug-likeness (QED) is 0.839. The van der Waals surface area contributed by atoms with Gasteiger partial charge in [-0.15, -0.1) is 0 Å². The van der Waals surface area contributed by atoms with Crippen molar-refractivity contribution < 1.29 is 4.79 Å². The van der Waals surface area contributed by atoms with Crippen LogP contribution in [0.5, 0.6) is 0 Å². The van der Waals surface area contributed by atoms with Crippen LogP contribution in [0, 0.1) is 5.92 Å². The summed E-state index contributed by atoms with van der Waals surface area (Å²) in [6, 6.07) is 9.87. The third-order valence-corrected chi connectivity index (χ3v) is 4.66. The number of nitrogens with one attached hydrogen (secondary N) is 1. The molecule has 0 aliphatic heterocycles. The fourth-order valence-corrected chi connectivity index (χ4v) is 3.02. The number of carbonyl (C=O) groups is 1. The van der Waals surface area contributed by atoms with E-state index in [0.29, 0.717) is 6.54 Å². The van der Waals surface area contributed by atoms with E-state index in [1.165, 1.54) is 0 Å². The molecule has 114 valence electrons. The Morgan fingerprint density at radius 3 is 2.95 bits per heavy atom. The van der Waals surface area contributed by atoms with Crippen LogP contribution in [0.4, 0.5) is 5.82 Å². The van der Waals surface area contributed by atoms with Gasteiger partial charge in [0.05, 0.1) is 12.7 Å². The van der Waals surface area contributed by atoms with Crippen molar-refractivity contribution >= 4 is 27.7 Å². The maximum Gasteiger partial charge on any atom is 0.228 e.